The number of aromatic nitrogens is 1. The number of nitrogens with one attached hydrogen (secondary N) is 1. The molecule has 1 aromatic heterocycles. The van der Waals surface area contributed by atoms with Gasteiger partial charge in [-0.15, -0.1) is 0 Å². The zero-order chi connectivity index (χ0) is 21.5. The van der Waals surface area contributed by atoms with Crippen LogP contribution in [0.4, 0.5) is 0 Å². The molecule has 3 aromatic rings. The van der Waals surface area contributed by atoms with Gasteiger partial charge in [0.05, 0.1) is 23.9 Å². The summed E-state index contributed by atoms with van der Waals surface area (Å²) in [6.45, 7) is 0. The van der Waals surface area contributed by atoms with E-state index in [2.05, 4.69) is 15.5 Å². The van der Waals surface area contributed by atoms with Crippen LogP contribution in [0, 0.1) is 0 Å². The van der Waals surface area contributed by atoms with Crippen LogP contribution in [0.3, 0.4) is 0 Å². The molecule has 0 atom stereocenters. The maximum atomic E-state index is 12.4. The number of nitrogens with zero attached hydrogens (tertiary/aromatic N) is 2. The molecule has 0 saturated carbocycles. The molecule has 0 bridgehead atoms. The van der Waals surface area contributed by atoms with Crippen molar-refractivity contribution in [3.05, 3.63) is 87.7 Å². The van der Waals surface area contributed by atoms with Crippen LogP contribution in [0.5, 0.6) is 11.5 Å². The summed E-state index contributed by atoms with van der Waals surface area (Å²) in [4.78, 5) is 28.2. The highest BCUT2D eigenvalue weighted by Gasteiger charge is 2.16. The van der Waals surface area contributed by atoms with Crippen molar-refractivity contribution in [2.45, 2.75) is 0 Å². The third kappa shape index (κ3) is 5.34. The van der Waals surface area contributed by atoms with E-state index in [-0.39, 0.29) is 22.2 Å². The molecule has 3 rings (SSSR count). The summed E-state index contributed by atoms with van der Waals surface area (Å²) in [6.07, 6.45) is 4.46. The van der Waals surface area contributed by atoms with Gasteiger partial charge in [-0.1, -0.05) is 23.2 Å². The molecular formula is C21H15Cl2N3O4. The Morgan fingerprint density at radius 1 is 1.03 bits per heavy atom. The number of carbonyl (C=O) groups excluding carboxylic acids is 2. The van der Waals surface area contributed by atoms with Crippen molar-refractivity contribution in [3.63, 3.8) is 0 Å². The lowest BCUT2D eigenvalue weighted by atomic mass is 10.2. The minimum Gasteiger partial charge on any atom is -0.493 e. The zero-order valence-electron chi connectivity index (χ0n) is 15.6. The molecule has 0 aliphatic carbocycles. The molecule has 9 heteroatoms. The van der Waals surface area contributed by atoms with Crippen LogP contribution >= 0.6 is 23.2 Å². The number of halogens is 2. The molecule has 0 aliphatic heterocycles. The summed E-state index contributed by atoms with van der Waals surface area (Å²) in [5.74, 6) is -0.517. The molecule has 0 unspecified atom stereocenters. The average molecular weight is 444 g/mol. The summed E-state index contributed by atoms with van der Waals surface area (Å²) in [7, 11) is 1.44. The molecule has 152 valence electrons. The fourth-order valence-corrected chi connectivity index (χ4v) is 2.88. The quantitative estimate of drug-likeness (QED) is 0.264. The van der Waals surface area contributed by atoms with Crippen LogP contribution in [-0.4, -0.2) is 30.2 Å². The highest BCUT2D eigenvalue weighted by molar-refractivity contribution is 6.36. The Morgan fingerprint density at radius 3 is 2.50 bits per heavy atom. The standard InChI is InChI=1S/C21H15Cl2N3O4/c1-29-19-10-13(12-25-26-20(27)14-6-8-24-9-7-14)2-5-18(19)30-21(28)16-4-3-15(22)11-17(16)23/h2-12H,1H3,(H,26,27). The average Bonchev–Trinajstić information content (AvgIpc) is 2.75. The van der Waals surface area contributed by atoms with Crippen LogP contribution in [0.25, 0.3) is 0 Å². The molecule has 1 heterocycles. The summed E-state index contributed by atoms with van der Waals surface area (Å²) in [5.41, 5.74) is 3.64. The van der Waals surface area contributed by atoms with Crippen molar-refractivity contribution in [1.82, 2.24) is 10.4 Å². The first kappa shape index (κ1) is 21.3. The van der Waals surface area contributed by atoms with E-state index < -0.39 is 5.97 Å². The maximum absolute atomic E-state index is 12.4. The van der Waals surface area contributed by atoms with Gasteiger partial charge in [-0.05, 0) is 54.1 Å². The Balaban J connectivity index is 1.70. The van der Waals surface area contributed by atoms with Gasteiger partial charge in [-0.3, -0.25) is 9.78 Å². The Bertz CT molecular complexity index is 1100. The van der Waals surface area contributed by atoms with E-state index in [1.165, 1.54) is 37.9 Å². The third-order valence-corrected chi connectivity index (χ3v) is 4.41. The van der Waals surface area contributed by atoms with Crippen molar-refractivity contribution in [1.29, 1.82) is 0 Å². The predicted molar refractivity (Wildman–Crippen MR) is 114 cm³/mol. The molecule has 1 N–H and O–H groups in total. The lowest BCUT2D eigenvalue weighted by Gasteiger charge is -2.10. The van der Waals surface area contributed by atoms with E-state index in [4.69, 9.17) is 32.7 Å². The largest absolute Gasteiger partial charge is 0.493 e. The fraction of sp³-hybridized carbons (Fsp3) is 0.0476. The molecule has 0 radical (unpaired) electrons. The zero-order valence-corrected chi connectivity index (χ0v) is 17.1. The number of methoxy groups -OCH3 is 1. The number of pyridine rings is 1. The third-order valence-electron chi connectivity index (χ3n) is 3.86. The maximum Gasteiger partial charge on any atom is 0.345 e. The number of carbonyl (C=O) groups is 2. The molecule has 1 amide bonds. The van der Waals surface area contributed by atoms with Crippen LogP contribution in [0.1, 0.15) is 26.3 Å². The molecule has 30 heavy (non-hydrogen) atoms. The van der Waals surface area contributed by atoms with E-state index >= 15 is 0 Å². The molecule has 7 nitrogen and oxygen atoms in total. The molecule has 0 spiro atoms. The van der Waals surface area contributed by atoms with Gasteiger partial charge in [0.2, 0.25) is 0 Å². The van der Waals surface area contributed by atoms with Crippen molar-refractivity contribution < 1.29 is 19.1 Å². The lowest BCUT2D eigenvalue weighted by molar-refractivity contribution is 0.0729. The number of ether oxygens (including phenoxy) is 2. The van der Waals surface area contributed by atoms with Gasteiger partial charge in [-0.2, -0.15) is 5.10 Å². The van der Waals surface area contributed by atoms with Crippen molar-refractivity contribution >= 4 is 41.3 Å². The second-order valence-corrected chi connectivity index (χ2v) is 6.70. The SMILES string of the molecule is COc1cc(C=NNC(=O)c2ccncc2)ccc1OC(=O)c1ccc(Cl)cc1Cl. The summed E-state index contributed by atoms with van der Waals surface area (Å²) < 4.78 is 10.7. The van der Waals surface area contributed by atoms with E-state index in [0.29, 0.717) is 21.9 Å². The normalized spacial score (nSPS) is 10.6. The summed E-state index contributed by atoms with van der Waals surface area (Å²) in [5, 5.41) is 4.50. The molecular weight excluding hydrogens is 429 g/mol. The van der Waals surface area contributed by atoms with E-state index in [1.807, 2.05) is 0 Å². The number of rotatable bonds is 6. The number of hydrazone groups is 1. The second-order valence-electron chi connectivity index (χ2n) is 5.86. The van der Waals surface area contributed by atoms with Crippen molar-refractivity contribution in [2.24, 2.45) is 5.10 Å². The smallest absolute Gasteiger partial charge is 0.345 e. The summed E-state index contributed by atoms with van der Waals surface area (Å²) in [6, 6.07) is 12.4. The van der Waals surface area contributed by atoms with Gasteiger partial charge in [-0.25, -0.2) is 10.2 Å². The van der Waals surface area contributed by atoms with Gasteiger partial charge >= 0.3 is 5.97 Å². The first-order valence-corrected chi connectivity index (χ1v) is 9.32. The van der Waals surface area contributed by atoms with Gasteiger partial charge in [0, 0.05) is 23.0 Å². The summed E-state index contributed by atoms with van der Waals surface area (Å²) >= 11 is 11.9. The Kier molecular flexibility index (Phi) is 7.00. The van der Waals surface area contributed by atoms with Crippen molar-refractivity contribution in [2.75, 3.05) is 7.11 Å². The number of benzene rings is 2. The van der Waals surface area contributed by atoms with Gasteiger partial charge in [0.1, 0.15) is 0 Å². The molecule has 0 saturated heterocycles. The lowest BCUT2D eigenvalue weighted by Crippen LogP contribution is -2.17. The Morgan fingerprint density at radius 2 is 1.80 bits per heavy atom. The number of hydrogen-bond donors (Lipinski definition) is 1. The van der Waals surface area contributed by atoms with Crippen LogP contribution < -0.4 is 14.9 Å². The van der Waals surface area contributed by atoms with E-state index in [9.17, 15) is 9.59 Å². The highest BCUT2D eigenvalue weighted by Crippen LogP contribution is 2.29. The van der Waals surface area contributed by atoms with E-state index in [0.717, 1.165) is 0 Å². The first-order valence-electron chi connectivity index (χ1n) is 8.56. The first-order chi connectivity index (χ1) is 14.5. The number of esters is 1. The second kappa shape index (κ2) is 9.87. The topological polar surface area (TPSA) is 89.9 Å². The molecule has 2 aromatic carbocycles. The van der Waals surface area contributed by atoms with E-state index in [1.54, 1.807) is 36.4 Å². The highest BCUT2D eigenvalue weighted by atomic mass is 35.5. The predicted octanol–water partition coefficient (Wildman–Crippen LogP) is 4.38. The fourth-order valence-electron chi connectivity index (χ4n) is 2.39. The minimum atomic E-state index is -0.652. The van der Waals surface area contributed by atoms with Gasteiger partial charge < -0.3 is 9.47 Å². The minimum absolute atomic E-state index is 0.174. The van der Waals surface area contributed by atoms with Crippen LogP contribution in [0.15, 0.2) is 66.0 Å². The number of hydrogen-bond acceptors (Lipinski definition) is 6. The Hall–Kier alpha value is -3.42. The van der Waals surface area contributed by atoms with Crippen LogP contribution in [0.2, 0.25) is 10.0 Å². The molecule has 0 aliphatic rings. The van der Waals surface area contributed by atoms with Crippen LogP contribution in [-0.2, 0) is 0 Å². The molecule has 0 fully saturated rings. The van der Waals surface area contributed by atoms with Crippen molar-refractivity contribution in [3.8, 4) is 11.5 Å². The van der Waals surface area contributed by atoms with Gasteiger partial charge in [0.25, 0.3) is 5.91 Å². The Labute approximate surface area is 182 Å². The monoisotopic (exact) mass is 443 g/mol. The number of amides is 1. The van der Waals surface area contributed by atoms with Gasteiger partial charge in [0.15, 0.2) is 11.5 Å².